The van der Waals surface area contributed by atoms with Gasteiger partial charge in [0.1, 0.15) is 0 Å². The number of hydrogen-bond donors (Lipinski definition) is 0. The minimum atomic E-state index is 0.422. The van der Waals surface area contributed by atoms with Crippen LogP contribution < -0.4 is 0 Å². The molecule has 1 saturated carbocycles. The maximum absolute atomic E-state index is 12.5. The summed E-state index contributed by atoms with van der Waals surface area (Å²) >= 11 is 3.56. The van der Waals surface area contributed by atoms with E-state index in [1.54, 1.807) is 0 Å². The van der Waals surface area contributed by atoms with Gasteiger partial charge in [0.25, 0.3) is 0 Å². The molecule has 0 aromatic carbocycles. The van der Waals surface area contributed by atoms with Gasteiger partial charge in [0.2, 0.25) is 5.91 Å². The molecule has 0 radical (unpaired) electrons. The second-order valence-electron chi connectivity index (χ2n) is 5.95. The van der Waals surface area contributed by atoms with Gasteiger partial charge in [-0.2, -0.15) is 0 Å². The maximum Gasteiger partial charge on any atom is 0.223 e. The fraction of sp³-hybridized carbons (Fsp3) is 0.933. The minimum Gasteiger partial charge on any atom is -0.339 e. The van der Waals surface area contributed by atoms with E-state index in [1.807, 2.05) is 0 Å². The van der Waals surface area contributed by atoms with E-state index in [2.05, 4.69) is 20.8 Å². The van der Waals surface area contributed by atoms with E-state index in [9.17, 15) is 4.79 Å². The van der Waals surface area contributed by atoms with Crippen molar-refractivity contribution < 1.29 is 4.79 Å². The van der Waals surface area contributed by atoms with E-state index in [0.29, 0.717) is 17.9 Å². The molecular weight excluding hydrogens is 290 g/mol. The average molecular weight is 316 g/mol. The summed E-state index contributed by atoms with van der Waals surface area (Å²) in [5, 5.41) is 0.948. The van der Waals surface area contributed by atoms with Crippen LogP contribution in [0.2, 0.25) is 0 Å². The molecule has 0 bridgehead atoms. The van der Waals surface area contributed by atoms with E-state index >= 15 is 0 Å². The summed E-state index contributed by atoms with van der Waals surface area (Å²) < 4.78 is 0. The lowest BCUT2D eigenvalue weighted by atomic mass is 9.94. The van der Waals surface area contributed by atoms with Crippen molar-refractivity contribution in [3.8, 4) is 0 Å². The lowest BCUT2D eigenvalue weighted by Gasteiger charge is -2.35. The van der Waals surface area contributed by atoms with Gasteiger partial charge in [-0.1, -0.05) is 41.6 Å². The Kier molecular flexibility index (Phi) is 6.00. The van der Waals surface area contributed by atoms with Crippen LogP contribution in [0.15, 0.2) is 0 Å². The molecule has 1 aliphatic heterocycles. The second-order valence-corrected chi connectivity index (χ2v) is 6.60. The van der Waals surface area contributed by atoms with Gasteiger partial charge in [0.15, 0.2) is 0 Å². The van der Waals surface area contributed by atoms with Crippen molar-refractivity contribution in [1.82, 2.24) is 4.90 Å². The van der Waals surface area contributed by atoms with Gasteiger partial charge in [-0.05, 0) is 38.0 Å². The molecule has 2 rings (SSSR count). The predicted molar refractivity (Wildman–Crippen MR) is 79.0 cm³/mol. The van der Waals surface area contributed by atoms with Crippen LogP contribution in [0.5, 0.6) is 0 Å². The minimum absolute atomic E-state index is 0.422. The number of rotatable bonds is 3. The molecule has 1 amide bonds. The topological polar surface area (TPSA) is 20.3 Å². The molecule has 0 N–H and O–H groups in total. The Hall–Kier alpha value is -0.0500. The largest absolute Gasteiger partial charge is 0.339 e. The fourth-order valence-electron chi connectivity index (χ4n) is 3.42. The molecule has 104 valence electrons. The Balaban J connectivity index is 1.85. The third kappa shape index (κ3) is 3.97. The van der Waals surface area contributed by atoms with Gasteiger partial charge >= 0.3 is 0 Å². The molecule has 0 aromatic heterocycles. The molecular formula is C15H26BrNO. The zero-order valence-electron chi connectivity index (χ0n) is 11.4. The zero-order chi connectivity index (χ0) is 12.8. The second kappa shape index (κ2) is 7.52. The summed E-state index contributed by atoms with van der Waals surface area (Å²) in [6, 6.07) is 0.456. The summed E-state index contributed by atoms with van der Waals surface area (Å²) in [6.07, 6.45) is 12.4. The molecule has 2 aliphatic rings. The number of carbonyl (C=O) groups excluding carboxylic acids is 1. The molecule has 1 heterocycles. The first-order valence-corrected chi connectivity index (χ1v) is 8.79. The van der Waals surface area contributed by atoms with Gasteiger partial charge in [-0.15, -0.1) is 0 Å². The highest BCUT2D eigenvalue weighted by Gasteiger charge is 2.27. The number of alkyl halides is 1. The van der Waals surface area contributed by atoms with Crippen LogP contribution in [0.3, 0.4) is 0 Å². The van der Waals surface area contributed by atoms with Crippen molar-refractivity contribution in [3.05, 3.63) is 0 Å². The highest BCUT2D eigenvalue weighted by molar-refractivity contribution is 9.09. The number of halogens is 1. The molecule has 1 saturated heterocycles. The standard InChI is InChI=1S/C15H26BrNO/c16-12-14-9-5-6-10-17(14)15(18)11-13-7-3-1-2-4-8-13/h13-14H,1-12H2. The van der Waals surface area contributed by atoms with Gasteiger partial charge in [-0.3, -0.25) is 4.79 Å². The highest BCUT2D eigenvalue weighted by atomic mass is 79.9. The van der Waals surface area contributed by atoms with Crippen molar-refractivity contribution in [2.24, 2.45) is 5.92 Å². The van der Waals surface area contributed by atoms with Crippen molar-refractivity contribution >= 4 is 21.8 Å². The van der Waals surface area contributed by atoms with Crippen LogP contribution in [0.4, 0.5) is 0 Å². The number of carbonyl (C=O) groups is 1. The number of piperidine rings is 1. The zero-order valence-corrected chi connectivity index (χ0v) is 13.0. The molecule has 0 aromatic rings. The third-order valence-electron chi connectivity index (χ3n) is 4.56. The summed E-state index contributed by atoms with van der Waals surface area (Å²) in [4.78, 5) is 14.6. The Morgan fingerprint density at radius 3 is 2.33 bits per heavy atom. The molecule has 3 heteroatoms. The predicted octanol–water partition coefficient (Wildman–Crippen LogP) is 4.12. The van der Waals surface area contributed by atoms with Gasteiger partial charge in [0, 0.05) is 24.3 Å². The summed E-state index contributed by atoms with van der Waals surface area (Å²) in [6.45, 7) is 0.988. The lowest BCUT2D eigenvalue weighted by Crippen LogP contribution is -2.45. The first kappa shape index (κ1) is 14.4. The van der Waals surface area contributed by atoms with Gasteiger partial charge in [0.05, 0.1) is 0 Å². The molecule has 18 heavy (non-hydrogen) atoms. The molecule has 1 aliphatic carbocycles. The Bertz CT molecular complexity index is 261. The van der Waals surface area contributed by atoms with Gasteiger partial charge in [-0.25, -0.2) is 0 Å². The van der Waals surface area contributed by atoms with Crippen molar-refractivity contribution in [3.63, 3.8) is 0 Å². The van der Waals surface area contributed by atoms with Crippen LogP contribution >= 0.6 is 15.9 Å². The van der Waals surface area contributed by atoms with Gasteiger partial charge < -0.3 is 4.90 Å². The molecule has 0 spiro atoms. The molecule has 2 nitrogen and oxygen atoms in total. The van der Waals surface area contributed by atoms with Crippen molar-refractivity contribution in [1.29, 1.82) is 0 Å². The number of hydrogen-bond acceptors (Lipinski definition) is 1. The third-order valence-corrected chi connectivity index (χ3v) is 5.31. The molecule has 1 atom stereocenters. The van der Waals surface area contributed by atoms with Crippen LogP contribution in [0.25, 0.3) is 0 Å². The van der Waals surface area contributed by atoms with E-state index < -0.39 is 0 Å². The number of likely N-dealkylation sites (tertiary alicyclic amines) is 1. The van der Waals surface area contributed by atoms with E-state index in [4.69, 9.17) is 0 Å². The summed E-state index contributed by atoms with van der Waals surface area (Å²) in [5.74, 6) is 1.09. The lowest BCUT2D eigenvalue weighted by molar-refractivity contribution is -0.135. The maximum atomic E-state index is 12.5. The number of nitrogens with zero attached hydrogens (tertiary/aromatic N) is 1. The highest BCUT2D eigenvalue weighted by Crippen LogP contribution is 2.27. The monoisotopic (exact) mass is 315 g/mol. The van der Waals surface area contributed by atoms with Crippen LogP contribution in [0.1, 0.15) is 64.2 Å². The fourth-order valence-corrected chi connectivity index (χ4v) is 4.09. The Morgan fingerprint density at radius 2 is 1.67 bits per heavy atom. The first-order valence-electron chi connectivity index (χ1n) is 7.66. The quantitative estimate of drug-likeness (QED) is 0.566. The SMILES string of the molecule is O=C(CC1CCCCCC1)N1CCCCC1CBr. The van der Waals surface area contributed by atoms with Crippen LogP contribution in [-0.2, 0) is 4.79 Å². The van der Waals surface area contributed by atoms with Crippen LogP contribution in [-0.4, -0.2) is 28.7 Å². The van der Waals surface area contributed by atoms with Crippen molar-refractivity contribution in [2.75, 3.05) is 11.9 Å². The van der Waals surface area contributed by atoms with E-state index in [0.717, 1.165) is 18.3 Å². The normalized spacial score (nSPS) is 26.9. The first-order chi connectivity index (χ1) is 8.81. The smallest absolute Gasteiger partial charge is 0.223 e. The molecule has 1 unspecified atom stereocenters. The number of amides is 1. The summed E-state index contributed by atoms with van der Waals surface area (Å²) in [5.41, 5.74) is 0. The summed E-state index contributed by atoms with van der Waals surface area (Å²) in [7, 11) is 0. The van der Waals surface area contributed by atoms with Crippen LogP contribution in [0, 0.1) is 5.92 Å². The van der Waals surface area contributed by atoms with E-state index in [1.165, 1.54) is 57.8 Å². The Labute approximate surface area is 120 Å². The average Bonchev–Trinajstić information content (AvgIpc) is 2.67. The van der Waals surface area contributed by atoms with Crippen molar-refractivity contribution in [2.45, 2.75) is 70.3 Å². The van der Waals surface area contributed by atoms with E-state index in [-0.39, 0.29) is 0 Å². The Morgan fingerprint density at radius 1 is 1.00 bits per heavy atom. The molecule has 2 fully saturated rings.